The molecule has 33 heavy (non-hydrogen) atoms. The molecule has 0 aliphatic rings. The molecule has 0 bridgehead atoms. The van der Waals surface area contributed by atoms with Crippen molar-refractivity contribution in [2.75, 3.05) is 7.11 Å². The van der Waals surface area contributed by atoms with Crippen LogP contribution in [0.15, 0.2) is 53.4 Å². The maximum Gasteiger partial charge on any atom is 0.315 e. The van der Waals surface area contributed by atoms with Crippen LogP contribution in [-0.4, -0.2) is 35.0 Å². The van der Waals surface area contributed by atoms with E-state index < -0.39 is 6.04 Å². The van der Waals surface area contributed by atoms with Crippen LogP contribution >= 0.6 is 22.7 Å². The predicted octanol–water partition coefficient (Wildman–Crippen LogP) is 4.80. The zero-order valence-electron chi connectivity index (χ0n) is 19.0. The molecule has 0 radical (unpaired) electrons. The van der Waals surface area contributed by atoms with Crippen LogP contribution in [0.25, 0.3) is 0 Å². The Bertz CT molecular complexity index is 940. The van der Waals surface area contributed by atoms with Crippen molar-refractivity contribution in [3.63, 3.8) is 0 Å². The van der Waals surface area contributed by atoms with Crippen molar-refractivity contribution in [2.45, 2.75) is 51.9 Å². The number of ether oxygens (including phenoxy) is 1. The van der Waals surface area contributed by atoms with Gasteiger partial charge in [-0.3, -0.25) is 4.79 Å². The van der Waals surface area contributed by atoms with Gasteiger partial charge in [0.15, 0.2) is 0 Å². The summed E-state index contributed by atoms with van der Waals surface area (Å²) in [4.78, 5) is 34.4. The molecule has 1 unspecified atom stereocenters. The molecule has 0 fully saturated rings. The third-order valence-electron chi connectivity index (χ3n) is 5.07. The normalized spacial score (nSPS) is 11.6. The number of carbonyl (C=O) groups excluding carboxylic acids is 2. The molecule has 3 heterocycles. The summed E-state index contributed by atoms with van der Waals surface area (Å²) in [5.41, 5.74) is 0.847. The fourth-order valence-electron chi connectivity index (χ4n) is 3.31. The Hall–Kier alpha value is -2.91. The molecular formula is C24H30N4O3S2. The van der Waals surface area contributed by atoms with Crippen LogP contribution in [0.2, 0.25) is 0 Å². The van der Waals surface area contributed by atoms with Crippen molar-refractivity contribution in [3.05, 3.63) is 68.7 Å². The first-order valence-corrected chi connectivity index (χ1v) is 12.7. The Morgan fingerprint density at radius 2 is 1.79 bits per heavy atom. The van der Waals surface area contributed by atoms with E-state index in [0.29, 0.717) is 31.9 Å². The summed E-state index contributed by atoms with van der Waals surface area (Å²) >= 11 is 3.26. The number of thiophene rings is 2. The van der Waals surface area contributed by atoms with Crippen LogP contribution < -0.4 is 15.4 Å². The molecule has 0 aliphatic carbocycles. The van der Waals surface area contributed by atoms with Gasteiger partial charge in [0.25, 0.3) is 0 Å². The number of nitrogens with one attached hydrogen (secondary N) is 2. The van der Waals surface area contributed by atoms with Gasteiger partial charge >= 0.3 is 6.03 Å². The van der Waals surface area contributed by atoms with Crippen LogP contribution in [-0.2, 0) is 24.4 Å². The fraction of sp³-hybridized carbons (Fsp3) is 0.375. The Kier molecular flexibility index (Phi) is 9.71. The van der Waals surface area contributed by atoms with E-state index in [0.717, 1.165) is 28.2 Å². The van der Waals surface area contributed by atoms with Gasteiger partial charge in [0.05, 0.1) is 20.2 Å². The second-order valence-electron chi connectivity index (χ2n) is 7.58. The van der Waals surface area contributed by atoms with Crippen molar-refractivity contribution in [2.24, 2.45) is 0 Å². The number of rotatable bonds is 12. The van der Waals surface area contributed by atoms with Gasteiger partial charge in [0.1, 0.15) is 6.04 Å². The first-order chi connectivity index (χ1) is 16.1. The highest BCUT2D eigenvalue weighted by Crippen LogP contribution is 2.19. The maximum atomic E-state index is 13.6. The second-order valence-corrected chi connectivity index (χ2v) is 9.65. The summed E-state index contributed by atoms with van der Waals surface area (Å²) in [7, 11) is 1.56. The minimum atomic E-state index is -0.584. The topological polar surface area (TPSA) is 83.6 Å². The predicted molar refractivity (Wildman–Crippen MR) is 132 cm³/mol. The lowest BCUT2D eigenvalue weighted by Crippen LogP contribution is -2.50. The second kappa shape index (κ2) is 13.0. The molecule has 0 spiro atoms. The van der Waals surface area contributed by atoms with E-state index in [-0.39, 0.29) is 11.9 Å². The minimum Gasteiger partial charge on any atom is -0.481 e. The lowest BCUT2D eigenvalue weighted by Gasteiger charge is -2.27. The highest BCUT2D eigenvalue weighted by Gasteiger charge is 2.26. The molecule has 2 N–H and O–H groups in total. The van der Waals surface area contributed by atoms with Gasteiger partial charge in [-0.25, -0.2) is 9.78 Å². The molecule has 0 saturated carbocycles. The molecule has 3 amide bonds. The average Bonchev–Trinajstić information content (AvgIpc) is 3.54. The number of methoxy groups -OCH3 is 1. The monoisotopic (exact) mass is 486 g/mol. The lowest BCUT2D eigenvalue weighted by atomic mass is 10.1. The van der Waals surface area contributed by atoms with Gasteiger partial charge in [0.2, 0.25) is 11.8 Å². The van der Waals surface area contributed by atoms with Crippen LogP contribution in [0.5, 0.6) is 5.88 Å². The first-order valence-electron chi connectivity index (χ1n) is 11.0. The zero-order chi connectivity index (χ0) is 23.5. The molecule has 3 rings (SSSR count). The zero-order valence-corrected chi connectivity index (χ0v) is 20.6. The van der Waals surface area contributed by atoms with E-state index >= 15 is 0 Å². The minimum absolute atomic E-state index is 0.0634. The van der Waals surface area contributed by atoms with Crippen LogP contribution in [0, 0.1) is 0 Å². The van der Waals surface area contributed by atoms with E-state index in [1.165, 1.54) is 0 Å². The number of pyridine rings is 1. The largest absolute Gasteiger partial charge is 0.481 e. The molecular weight excluding hydrogens is 456 g/mol. The SMILES string of the molecule is CCCCC(NC(=O)NCc1ccc(OC)nc1)C(=O)N(Cc1cccs1)Cc1cccs1. The maximum absolute atomic E-state index is 13.6. The molecule has 176 valence electrons. The number of unbranched alkanes of at least 4 members (excludes halogenated alkanes) is 1. The summed E-state index contributed by atoms with van der Waals surface area (Å²) in [6.07, 6.45) is 4.05. The third kappa shape index (κ3) is 7.87. The van der Waals surface area contributed by atoms with Crippen LogP contribution in [0.3, 0.4) is 0 Å². The summed E-state index contributed by atoms with van der Waals surface area (Å²) in [5.74, 6) is 0.455. The number of carbonyl (C=O) groups is 2. The summed E-state index contributed by atoms with van der Waals surface area (Å²) in [6, 6.07) is 10.7. The highest BCUT2D eigenvalue weighted by atomic mass is 32.1. The Balaban J connectivity index is 1.65. The summed E-state index contributed by atoms with van der Waals surface area (Å²) in [5, 5.41) is 9.76. The van der Waals surface area contributed by atoms with E-state index in [1.807, 2.05) is 46.0 Å². The standard InChI is InChI=1S/C24H30N4O3S2/c1-3-4-9-21(27-24(30)26-15-18-10-11-22(31-2)25-14-18)23(29)28(16-19-7-5-12-32-19)17-20-8-6-13-33-20/h5-8,10-14,21H,3-4,9,15-17H2,1-2H3,(H2,26,27,30). The summed E-state index contributed by atoms with van der Waals surface area (Å²) in [6.45, 7) is 3.44. The van der Waals surface area contributed by atoms with E-state index in [9.17, 15) is 9.59 Å². The van der Waals surface area contributed by atoms with E-state index in [2.05, 4.69) is 22.5 Å². The molecule has 1 atom stereocenters. The van der Waals surface area contributed by atoms with Crippen molar-refractivity contribution in [1.29, 1.82) is 0 Å². The van der Waals surface area contributed by atoms with Gasteiger partial charge in [-0.2, -0.15) is 0 Å². The summed E-state index contributed by atoms with van der Waals surface area (Å²) < 4.78 is 5.06. The first kappa shape index (κ1) is 24.7. The number of amides is 3. The smallest absolute Gasteiger partial charge is 0.315 e. The van der Waals surface area contributed by atoms with E-state index in [4.69, 9.17) is 4.74 Å². The third-order valence-corrected chi connectivity index (χ3v) is 6.80. The van der Waals surface area contributed by atoms with E-state index in [1.54, 1.807) is 42.0 Å². The molecule has 9 heteroatoms. The number of hydrogen-bond donors (Lipinski definition) is 2. The molecule has 0 aromatic carbocycles. The highest BCUT2D eigenvalue weighted by molar-refractivity contribution is 7.10. The fourth-order valence-corrected chi connectivity index (χ4v) is 4.75. The van der Waals surface area contributed by atoms with Gasteiger partial charge in [-0.05, 0) is 34.9 Å². The van der Waals surface area contributed by atoms with Crippen molar-refractivity contribution in [3.8, 4) is 5.88 Å². The number of nitrogens with zero attached hydrogens (tertiary/aromatic N) is 2. The Morgan fingerprint density at radius 1 is 1.09 bits per heavy atom. The van der Waals surface area contributed by atoms with Crippen molar-refractivity contribution in [1.82, 2.24) is 20.5 Å². The molecule has 0 saturated heterocycles. The molecule has 0 aliphatic heterocycles. The number of urea groups is 1. The molecule has 3 aromatic heterocycles. The van der Waals surface area contributed by atoms with Gasteiger partial charge in [-0.15, -0.1) is 22.7 Å². The average molecular weight is 487 g/mol. The Labute approximate surface area is 202 Å². The number of aromatic nitrogens is 1. The van der Waals surface area contributed by atoms with Crippen molar-refractivity contribution >= 4 is 34.6 Å². The lowest BCUT2D eigenvalue weighted by molar-refractivity contribution is -0.134. The Morgan fingerprint density at radius 3 is 2.30 bits per heavy atom. The van der Waals surface area contributed by atoms with Crippen LogP contribution in [0.1, 0.15) is 41.5 Å². The molecule has 7 nitrogen and oxygen atoms in total. The van der Waals surface area contributed by atoms with Crippen LogP contribution in [0.4, 0.5) is 4.79 Å². The van der Waals surface area contributed by atoms with Crippen molar-refractivity contribution < 1.29 is 14.3 Å². The van der Waals surface area contributed by atoms with Gasteiger partial charge in [-0.1, -0.05) is 38.0 Å². The molecule has 3 aromatic rings. The van der Waals surface area contributed by atoms with Gasteiger partial charge < -0.3 is 20.3 Å². The van der Waals surface area contributed by atoms with Gasteiger partial charge in [0, 0.05) is 28.6 Å². The number of hydrogen-bond acceptors (Lipinski definition) is 6. The quantitative estimate of drug-likeness (QED) is 0.385.